The Bertz CT molecular complexity index is 855. The Balaban J connectivity index is 1.29. The molecule has 0 radical (unpaired) electrons. The van der Waals surface area contributed by atoms with Crippen LogP contribution < -0.4 is 4.74 Å². The summed E-state index contributed by atoms with van der Waals surface area (Å²) >= 11 is 0. The Morgan fingerprint density at radius 3 is 2.16 bits per heavy atom. The SMILES string of the molecule is C[C@H]1CC[C@H](C)N1C(=O)c1ccc(-c2ccc(OCCCN3CC[C@H](O)C3)cc2)cc1. The summed E-state index contributed by atoms with van der Waals surface area (Å²) in [5.41, 5.74) is 2.97. The van der Waals surface area contributed by atoms with Gasteiger partial charge in [0.25, 0.3) is 5.91 Å². The van der Waals surface area contributed by atoms with Crippen molar-refractivity contribution in [3.63, 3.8) is 0 Å². The highest BCUT2D eigenvalue weighted by molar-refractivity contribution is 5.95. The number of hydrogen-bond acceptors (Lipinski definition) is 4. The first-order valence-corrected chi connectivity index (χ1v) is 11.6. The molecule has 31 heavy (non-hydrogen) atoms. The highest BCUT2D eigenvalue weighted by atomic mass is 16.5. The molecule has 1 amide bonds. The van der Waals surface area contributed by atoms with E-state index < -0.39 is 0 Å². The number of carbonyl (C=O) groups is 1. The fourth-order valence-corrected chi connectivity index (χ4v) is 4.79. The van der Waals surface area contributed by atoms with Gasteiger partial charge in [-0.3, -0.25) is 4.79 Å². The molecule has 2 fully saturated rings. The number of β-amino-alcohol motifs (C(OH)–C–C–N with tert-alkyl or cyclic N) is 1. The molecule has 2 aliphatic rings. The Morgan fingerprint density at radius 2 is 1.58 bits per heavy atom. The molecule has 4 rings (SSSR count). The lowest BCUT2D eigenvalue weighted by Crippen LogP contribution is -2.38. The van der Waals surface area contributed by atoms with E-state index in [-0.39, 0.29) is 12.0 Å². The number of aliphatic hydroxyl groups excluding tert-OH is 1. The van der Waals surface area contributed by atoms with E-state index in [9.17, 15) is 9.90 Å². The monoisotopic (exact) mass is 422 g/mol. The van der Waals surface area contributed by atoms with Crippen LogP contribution in [0.4, 0.5) is 0 Å². The van der Waals surface area contributed by atoms with Crippen molar-refractivity contribution in [3.8, 4) is 16.9 Å². The molecule has 2 saturated heterocycles. The topological polar surface area (TPSA) is 53.0 Å². The second-order valence-corrected chi connectivity index (χ2v) is 9.03. The molecular weight excluding hydrogens is 388 g/mol. The highest BCUT2D eigenvalue weighted by Gasteiger charge is 2.31. The lowest BCUT2D eigenvalue weighted by Gasteiger charge is -2.26. The highest BCUT2D eigenvalue weighted by Crippen LogP contribution is 2.27. The summed E-state index contributed by atoms with van der Waals surface area (Å²) in [5.74, 6) is 1.00. The molecule has 0 bridgehead atoms. The number of amides is 1. The lowest BCUT2D eigenvalue weighted by molar-refractivity contribution is 0.0693. The van der Waals surface area contributed by atoms with Crippen LogP contribution in [0.1, 0.15) is 49.9 Å². The van der Waals surface area contributed by atoms with Crippen molar-refractivity contribution >= 4 is 5.91 Å². The minimum atomic E-state index is -0.159. The molecule has 166 valence electrons. The van der Waals surface area contributed by atoms with Crippen molar-refractivity contribution < 1.29 is 14.6 Å². The molecule has 0 spiro atoms. The number of ether oxygens (including phenoxy) is 1. The number of benzene rings is 2. The van der Waals surface area contributed by atoms with Gasteiger partial charge in [-0.2, -0.15) is 0 Å². The van der Waals surface area contributed by atoms with Crippen LogP contribution in [-0.2, 0) is 0 Å². The minimum Gasteiger partial charge on any atom is -0.494 e. The van der Waals surface area contributed by atoms with E-state index in [0.29, 0.717) is 18.7 Å². The lowest BCUT2D eigenvalue weighted by atomic mass is 10.0. The number of aliphatic hydroxyl groups is 1. The molecular formula is C26H34N2O3. The number of likely N-dealkylation sites (tertiary alicyclic amines) is 2. The van der Waals surface area contributed by atoms with Gasteiger partial charge in [-0.05, 0) is 74.9 Å². The summed E-state index contributed by atoms with van der Waals surface area (Å²) in [6.07, 6.45) is 3.85. The van der Waals surface area contributed by atoms with Gasteiger partial charge in [0.2, 0.25) is 0 Å². The number of carbonyl (C=O) groups excluding carboxylic acids is 1. The Labute approximate surface area is 185 Å². The summed E-state index contributed by atoms with van der Waals surface area (Å²) < 4.78 is 5.87. The Morgan fingerprint density at radius 1 is 0.968 bits per heavy atom. The summed E-state index contributed by atoms with van der Waals surface area (Å²) in [6, 6.07) is 16.7. The summed E-state index contributed by atoms with van der Waals surface area (Å²) in [4.78, 5) is 17.2. The van der Waals surface area contributed by atoms with Crippen molar-refractivity contribution in [1.82, 2.24) is 9.80 Å². The second-order valence-electron chi connectivity index (χ2n) is 9.03. The van der Waals surface area contributed by atoms with E-state index >= 15 is 0 Å². The van der Waals surface area contributed by atoms with E-state index in [1.807, 2.05) is 41.3 Å². The van der Waals surface area contributed by atoms with Gasteiger partial charge >= 0.3 is 0 Å². The van der Waals surface area contributed by atoms with Crippen LogP contribution in [0.25, 0.3) is 11.1 Å². The maximum atomic E-state index is 12.9. The third kappa shape index (κ3) is 5.28. The minimum absolute atomic E-state index is 0.135. The van der Waals surface area contributed by atoms with Crippen molar-refractivity contribution in [2.45, 2.75) is 57.7 Å². The van der Waals surface area contributed by atoms with Crippen molar-refractivity contribution in [2.24, 2.45) is 0 Å². The second kappa shape index (κ2) is 9.84. The fraction of sp³-hybridized carbons (Fsp3) is 0.500. The van der Waals surface area contributed by atoms with Crippen LogP contribution in [0.2, 0.25) is 0 Å². The molecule has 2 heterocycles. The van der Waals surface area contributed by atoms with Gasteiger partial charge in [-0.1, -0.05) is 24.3 Å². The quantitative estimate of drug-likeness (QED) is 0.680. The Kier molecular flexibility index (Phi) is 6.93. The van der Waals surface area contributed by atoms with Crippen LogP contribution in [0.5, 0.6) is 5.75 Å². The fourth-order valence-electron chi connectivity index (χ4n) is 4.79. The Hall–Kier alpha value is -2.37. The van der Waals surface area contributed by atoms with Gasteiger partial charge in [-0.25, -0.2) is 0 Å². The molecule has 2 aromatic carbocycles. The first-order chi connectivity index (χ1) is 15.0. The molecule has 0 aromatic heterocycles. The van der Waals surface area contributed by atoms with Gasteiger partial charge in [0.05, 0.1) is 12.7 Å². The van der Waals surface area contributed by atoms with Crippen molar-refractivity contribution in [1.29, 1.82) is 0 Å². The molecule has 0 saturated carbocycles. The first-order valence-electron chi connectivity index (χ1n) is 11.6. The van der Waals surface area contributed by atoms with Gasteiger partial charge in [0, 0.05) is 37.3 Å². The molecule has 1 N–H and O–H groups in total. The molecule has 2 aromatic rings. The van der Waals surface area contributed by atoms with Gasteiger partial charge < -0.3 is 19.6 Å². The maximum Gasteiger partial charge on any atom is 0.254 e. The molecule has 0 aliphatic carbocycles. The van der Waals surface area contributed by atoms with Gasteiger partial charge in [0.15, 0.2) is 0 Å². The van der Waals surface area contributed by atoms with Crippen molar-refractivity contribution in [3.05, 3.63) is 54.1 Å². The number of hydrogen-bond donors (Lipinski definition) is 1. The molecule has 2 aliphatic heterocycles. The van der Waals surface area contributed by atoms with Crippen LogP contribution in [0.3, 0.4) is 0 Å². The third-order valence-electron chi connectivity index (χ3n) is 6.64. The average Bonchev–Trinajstić information content (AvgIpc) is 3.35. The number of rotatable bonds is 7. The summed E-state index contributed by atoms with van der Waals surface area (Å²) in [5, 5.41) is 9.58. The van der Waals surface area contributed by atoms with Crippen LogP contribution in [0.15, 0.2) is 48.5 Å². The van der Waals surface area contributed by atoms with E-state index in [2.05, 4.69) is 30.9 Å². The summed E-state index contributed by atoms with van der Waals surface area (Å²) in [6.45, 7) is 7.68. The van der Waals surface area contributed by atoms with Crippen molar-refractivity contribution in [2.75, 3.05) is 26.2 Å². The predicted octanol–water partition coefficient (Wildman–Crippen LogP) is 4.20. The van der Waals surface area contributed by atoms with Gasteiger partial charge in [-0.15, -0.1) is 0 Å². The molecule has 5 heteroatoms. The zero-order valence-corrected chi connectivity index (χ0v) is 18.7. The van der Waals surface area contributed by atoms with E-state index in [1.54, 1.807) is 0 Å². The predicted molar refractivity (Wildman–Crippen MR) is 123 cm³/mol. The van der Waals surface area contributed by atoms with Gasteiger partial charge in [0.1, 0.15) is 5.75 Å². The molecule has 3 atom stereocenters. The van der Waals surface area contributed by atoms with Crippen LogP contribution in [0, 0.1) is 0 Å². The average molecular weight is 423 g/mol. The van der Waals surface area contributed by atoms with Crippen LogP contribution >= 0.6 is 0 Å². The van der Waals surface area contributed by atoms with Crippen LogP contribution in [-0.4, -0.2) is 65.2 Å². The third-order valence-corrected chi connectivity index (χ3v) is 6.64. The summed E-state index contributed by atoms with van der Waals surface area (Å²) in [7, 11) is 0. The van der Waals surface area contributed by atoms with E-state index in [4.69, 9.17) is 4.74 Å². The zero-order chi connectivity index (χ0) is 21.8. The molecule has 5 nitrogen and oxygen atoms in total. The van der Waals surface area contributed by atoms with E-state index in [1.165, 1.54) is 0 Å². The van der Waals surface area contributed by atoms with E-state index in [0.717, 1.165) is 67.8 Å². The normalized spacial score (nSPS) is 24.0. The first kappa shape index (κ1) is 21.8. The standard InChI is InChI=1S/C26H34N2O3/c1-19-4-5-20(2)28(19)26(30)23-8-6-21(7-9-23)22-10-12-25(13-11-22)31-17-3-15-27-16-14-24(29)18-27/h6-13,19-20,24,29H,3-5,14-18H2,1-2H3/t19-,20-,24-/m0/s1. The molecule has 0 unspecified atom stereocenters. The zero-order valence-electron chi connectivity index (χ0n) is 18.7. The maximum absolute atomic E-state index is 12.9. The number of nitrogens with zero attached hydrogens (tertiary/aromatic N) is 2. The largest absolute Gasteiger partial charge is 0.494 e. The smallest absolute Gasteiger partial charge is 0.254 e.